The van der Waals surface area contributed by atoms with E-state index in [1.807, 2.05) is 0 Å². The first-order valence-electron chi connectivity index (χ1n) is 6.69. The number of sulfonamides is 1. The molecule has 0 radical (unpaired) electrons. The summed E-state index contributed by atoms with van der Waals surface area (Å²) >= 11 is 0. The van der Waals surface area contributed by atoms with Crippen molar-refractivity contribution in [2.75, 3.05) is 4.72 Å². The summed E-state index contributed by atoms with van der Waals surface area (Å²) in [6.07, 6.45) is 2.75. The van der Waals surface area contributed by atoms with Crippen molar-refractivity contribution in [1.82, 2.24) is 14.8 Å². The molecule has 0 saturated carbocycles. The number of rotatable bonds is 5. The number of aromatic nitrogens is 3. The molecular formula is C14H12N4O5S. The summed E-state index contributed by atoms with van der Waals surface area (Å²) < 4.78 is 33.9. The number of anilines is 1. The van der Waals surface area contributed by atoms with Gasteiger partial charge in [-0.05, 0) is 19.1 Å². The van der Waals surface area contributed by atoms with E-state index in [9.17, 15) is 13.2 Å². The molecule has 0 bridgehead atoms. The van der Waals surface area contributed by atoms with Gasteiger partial charge >= 0.3 is 5.97 Å². The molecule has 2 heterocycles. The second-order valence-corrected chi connectivity index (χ2v) is 6.45. The fourth-order valence-corrected chi connectivity index (χ4v) is 3.38. The highest BCUT2D eigenvalue weighted by Gasteiger charge is 2.24. The van der Waals surface area contributed by atoms with Crippen molar-refractivity contribution in [1.29, 1.82) is 0 Å². The molecule has 1 aromatic carbocycles. The summed E-state index contributed by atoms with van der Waals surface area (Å²) in [4.78, 5) is 14.5. The average molecular weight is 348 g/mol. The van der Waals surface area contributed by atoms with Gasteiger partial charge in [-0.1, -0.05) is 12.1 Å². The zero-order valence-electron chi connectivity index (χ0n) is 12.4. The lowest BCUT2D eigenvalue weighted by Crippen LogP contribution is -2.15. The lowest BCUT2D eigenvalue weighted by Gasteiger charge is -2.11. The molecule has 24 heavy (non-hydrogen) atoms. The standard InChI is InChI=1S/C14H12N4O5S/c1-9-13(6-12(23-9)14(19)20)24(21,22)17-10-4-2-3-5-11(10)18-8-15-7-16-18/h2-8,17H,1H3,(H,19,20). The number of hydrogen-bond acceptors (Lipinski definition) is 6. The average Bonchev–Trinajstić information content (AvgIpc) is 3.17. The van der Waals surface area contributed by atoms with E-state index < -0.39 is 21.8 Å². The summed E-state index contributed by atoms with van der Waals surface area (Å²) in [5.41, 5.74) is 0.735. The Morgan fingerprint density at radius 3 is 2.71 bits per heavy atom. The third-order valence-corrected chi connectivity index (χ3v) is 4.66. The number of aromatic carboxylic acids is 1. The third kappa shape index (κ3) is 2.86. The van der Waals surface area contributed by atoms with Gasteiger partial charge in [0.15, 0.2) is 0 Å². The highest BCUT2D eigenvalue weighted by atomic mass is 32.2. The van der Waals surface area contributed by atoms with E-state index in [1.165, 1.54) is 24.3 Å². The van der Waals surface area contributed by atoms with Gasteiger partial charge in [-0.2, -0.15) is 5.10 Å². The molecule has 0 unspecified atom stereocenters. The van der Waals surface area contributed by atoms with Crippen LogP contribution >= 0.6 is 0 Å². The quantitative estimate of drug-likeness (QED) is 0.718. The Hall–Kier alpha value is -3.14. The van der Waals surface area contributed by atoms with Crippen molar-refractivity contribution in [2.45, 2.75) is 11.8 Å². The van der Waals surface area contributed by atoms with Crippen molar-refractivity contribution in [3.8, 4) is 5.69 Å². The van der Waals surface area contributed by atoms with Crippen LogP contribution in [0.1, 0.15) is 16.3 Å². The molecule has 0 aliphatic heterocycles. The van der Waals surface area contributed by atoms with E-state index in [4.69, 9.17) is 9.52 Å². The van der Waals surface area contributed by atoms with Gasteiger partial charge in [0.1, 0.15) is 23.3 Å². The van der Waals surface area contributed by atoms with Crippen LogP contribution in [0.3, 0.4) is 0 Å². The molecule has 9 nitrogen and oxygen atoms in total. The normalized spacial score (nSPS) is 11.4. The van der Waals surface area contributed by atoms with Crippen LogP contribution < -0.4 is 4.72 Å². The highest BCUT2D eigenvalue weighted by Crippen LogP contribution is 2.26. The Kier molecular flexibility index (Phi) is 3.81. The van der Waals surface area contributed by atoms with E-state index in [1.54, 1.807) is 24.3 Å². The van der Waals surface area contributed by atoms with Gasteiger partial charge < -0.3 is 9.52 Å². The first kappa shape index (κ1) is 15.7. The smallest absolute Gasteiger partial charge is 0.371 e. The summed E-state index contributed by atoms with van der Waals surface area (Å²) in [6.45, 7) is 1.38. The number of carbonyl (C=O) groups is 1. The van der Waals surface area contributed by atoms with E-state index in [0.29, 0.717) is 5.69 Å². The van der Waals surface area contributed by atoms with Crippen LogP contribution in [0.15, 0.2) is 52.3 Å². The number of para-hydroxylation sites is 2. The van der Waals surface area contributed by atoms with Crippen LogP contribution in [0.2, 0.25) is 0 Å². The number of hydrogen-bond donors (Lipinski definition) is 2. The molecule has 10 heteroatoms. The number of furan rings is 1. The number of nitrogens with one attached hydrogen (secondary N) is 1. The second-order valence-electron chi connectivity index (χ2n) is 4.80. The number of carboxylic acid groups (broad SMARTS) is 1. The lowest BCUT2D eigenvalue weighted by molar-refractivity contribution is 0.0661. The van der Waals surface area contributed by atoms with E-state index in [2.05, 4.69) is 14.8 Å². The minimum atomic E-state index is -4.04. The minimum absolute atomic E-state index is 0.0156. The lowest BCUT2D eigenvalue weighted by atomic mass is 10.3. The van der Waals surface area contributed by atoms with Gasteiger partial charge in [0.25, 0.3) is 10.0 Å². The molecule has 2 aromatic heterocycles. The summed E-state index contributed by atoms with van der Waals surface area (Å²) in [7, 11) is -4.04. The maximum atomic E-state index is 12.6. The van der Waals surface area contributed by atoms with E-state index in [0.717, 1.165) is 6.07 Å². The molecule has 2 N–H and O–H groups in total. The molecule has 0 atom stereocenters. The molecule has 3 rings (SSSR count). The van der Waals surface area contributed by atoms with Gasteiger partial charge in [0, 0.05) is 6.07 Å². The van der Waals surface area contributed by atoms with Gasteiger partial charge in [-0.3, -0.25) is 4.72 Å². The SMILES string of the molecule is Cc1oc(C(=O)O)cc1S(=O)(=O)Nc1ccccc1-n1cncn1. The number of carboxylic acids is 1. The summed E-state index contributed by atoms with van der Waals surface area (Å²) in [5, 5.41) is 12.9. The molecule has 0 spiro atoms. The molecule has 0 aliphatic carbocycles. The van der Waals surface area contributed by atoms with Gasteiger partial charge in [-0.25, -0.2) is 22.9 Å². The number of nitrogens with zero attached hydrogens (tertiary/aromatic N) is 3. The molecule has 3 aromatic rings. The van der Waals surface area contributed by atoms with Crippen LogP contribution in [-0.2, 0) is 10.0 Å². The molecule has 124 valence electrons. The molecule has 0 aliphatic rings. The molecule has 0 fully saturated rings. The largest absolute Gasteiger partial charge is 0.475 e. The fraction of sp³-hybridized carbons (Fsp3) is 0.0714. The van der Waals surface area contributed by atoms with Gasteiger partial charge in [0.2, 0.25) is 5.76 Å². The Bertz CT molecular complexity index is 992. The monoisotopic (exact) mass is 348 g/mol. The highest BCUT2D eigenvalue weighted by molar-refractivity contribution is 7.92. The van der Waals surface area contributed by atoms with Crippen LogP contribution in [-0.4, -0.2) is 34.3 Å². The minimum Gasteiger partial charge on any atom is -0.475 e. The zero-order chi connectivity index (χ0) is 17.3. The van der Waals surface area contributed by atoms with Crippen molar-refractivity contribution in [3.63, 3.8) is 0 Å². The topological polar surface area (TPSA) is 127 Å². The van der Waals surface area contributed by atoms with E-state index >= 15 is 0 Å². The Labute approximate surface area is 136 Å². The van der Waals surface area contributed by atoms with Gasteiger partial charge in [-0.15, -0.1) is 0 Å². The summed E-state index contributed by atoms with van der Waals surface area (Å²) in [5.74, 6) is -1.81. The third-order valence-electron chi connectivity index (χ3n) is 3.19. The summed E-state index contributed by atoms with van der Waals surface area (Å²) in [6, 6.07) is 7.57. The number of benzene rings is 1. The Morgan fingerprint density at radius 1 is 1.33 bits per heavy atom. The predicted octanol–water partition coefficient (Wildman–Crippen LogP) is 1.67. The maximum Gasteiger partial charge on any atom is 0.371 e. The Morgan fingerprint density at radius 2 is 2.08 bits per heavy atom. The van der Waals surface area contributed by atoms with Crippen molar-refractivity contribution < 1.29 is 22.7 Å². The van der Waals surface area contributed by atoms with Crippen molar-refractivity contribution in [2.24, 2.45) is 0 Å². The molecule has 0 saturated heterocycles. The zero-order valence-corrected chi connectivity index (χ0v) is 13.2. The van der Waals surface area contributed by atoms with E-state index in [-0.39, 0.29) is 16.3 Å². The molecule has 0 amide bonds. The van der Waals surface area contributed by atoms with Crippen LogP contribution in [0, 0.1) is 6.92 Å². The second kappa shape index (κ2) is 5.81. The van der Waals surface area contributed by atoms with Crippen LogP contribution in [0.25, 0.3) is 5.69 Å². The fourth-order valence-electron chi connectivity index (χ4n) is 2.13. The predicted molar refractivity (Wildman–Crippen MR) is 82.6 cm³/mol. The van der Waals surface area contributed by atoms with Crippen LogP contribution in [0.4, 0.5) is 5.69 Å². The van der Waals surface area contributed by atoms with Crippen molar-refractivity contribution in [3.05, 3.63) is 54.5 Å². The van der Waals surface area contributed by atoms with Gasteiger partial charge in [0.05, 0.1) is 11.4 Å². The number of aryl methyl sites for hydroxylation is 1. The maximum absolute atomic E-state index is 12.6. The van der Waals surface area contributed by atoms with Crippen LogP contribution in [0.5, 0.6) is 0 Å². The molecular weight excluding hydrogens is 336 g/mol. The Balaban J connectivity index is 2.01. The first-order valence-corrected chi connectivity index (χ1v) is 8.17. The van der Waals surface area contributed by atoms with Crippen molar-refractivity contribution >= 4 is 21.7 Å². The first-order chi connectivity index (χ1) is 11.4.